The number of hydrogen-bond donors (Lipinski definition) is 1. The van der Waals surface area contributed by atoms with Crippen molar-refractivity contribution in [1.82, 2.24) is 10.3 Å². The van der Waals surface area contributed by atoms with E-state index in [1.165, 1.54) is 19.1 Å². The zero-order valence-electron chi connectivity index (χ0n) is 11.4. The summed E-state index contributed by atoms with van der Waals surface area (Å²) in [5, 5.41) is 2.75. The van der Waals surface area contributed by atoms with Crippen LogP contribution in [0.2, 0.25) is 5.15 Å². The van der Waals surface area contributed by atoms with Gasteiger partial charge in [-0.1, -0.05) is 18.2 Å². The number of halogens is 4. The molecule has 0 aliphatic heterocycles. The van der Waals surface area contributed by atoms with Crippen LogP contribution in [0.1, 0.15) is 37.4 Å². The van der Waals surface area contributed by atoms with Crippen molar-refractivity contribution >= 4 is 23.1 Å². The summed E-state index contributed by atoms with van der Waals surface area (Å²) in [6, 6.07) is 2.79. The number of nitrogens with zero attached hydrogens (tertiary/aromatic N) is 1. The highest BCUT2D eigenvalue weighted by atomic mass is 35.5. The van der Waals surface area contributed by atoms with Crippen molar-refractivity contribution in [2.45, 2.75) is 37.9 Å². The number of nitrogens with one attached hydrogen (secondary N) is 1. The number of amides is 1. The number of alkyl halides is 3. The van der Waals surface area contributed by atoms with Gasteiger partial charge in [-0.3, -0.25) is 4.79 Å². The molecule has 21 heavy (non-hydrogen) atoms. The molecule has 2 rings (SSSR count). The predicted octanol–water partition coefficient (Wildman–Crippen LogP) is 3.83. The molecule has 1 amide bonds. The van der Waals surface area contributed by atoms with E-state index in [2.05, 4.69) is 16.9 Å². The normalized spacial score (nSPS) is 17.0. The lowest BCUT2D eigenvalue weighted by molar-refractivity contribution is -0.122. The van der Waals surface area contributed by atoms with E-state index in [-0.39, 0.29) is 16.8 Å². The lowest BCUT2D eigenvalue weighted by Gasteiger charge is -2.43. The Hall–Kier alpha value is -1.56. The maximum Gasteiger partial charge on any atom is 0.417 e. The number of rotatable bonds is 3. The molecular formula is C14H14ClF3N2O. The van der Waals surface area contributed by atoms with E-state index < -0.39 is 17.3 Å². The Balaban J connectivity index is 2.44. The number of hydrogen-bond acceptors (Lipinski definition) is 2. The largest absolute Gasteiger partial charge is 0.417 e. The molecule has 1 aliphatic carbocycles. The fourth-order valence-corrected chi connectivity index (χ4v) is 2.63. The highest BCUT2D eigenvalue weighted by molar-refractivity contribution is 6.29. The van der Waals surface area contributed by atoms with Gasteiger partial charge in [0.05, 0.1) is 16.8 Å². The maximum absolute atomic E-state index is 12.7. The summed E-state index contributed by atoms with van der Waals surface area (Å²) in [6.45, 7) is 4.41. The molecule has 1 aliphatic rings. The second-order valence-electron chi connectivity index (χ2n) is 5.16. The average molecular weight is 319 g/mol. The summed E-state index contributed by atoms with van der Waals surface area (Å²) >= 11 is 5.84. The summed E-state index contributed by atoms with van der Waals surface area (Å²) in [5.74, 6) is -0.237. The molecular weight excluding hydrogens is 305 g/mol. The molecule has 1 saturated carbocycles. The van der Waals surface area contributed by atoms with Crippen LogP contribution in [0, 0.1) is 0 Å². The van der Waals surface area contributed by atoms with Crippen molar-refractivity contribution < 1.29 is 18.0 Å². The van der Waals surface area contributed by atoms with Crippen LogP contribution < -0.4 is 5.32 Å². The first-order valence-electron chi connectivity index (χ1n) is 6.37. The van der Waals surface area contributed by atoms with Crippen LogP contribution in [0.3, 0.4) is 0 Å². The highest BCUT2D eigenvalue weighted by Gasteiger charge is 2.41. The summed E-state index contributed by atoms with van der Waals surface area (Å²) in [6.07, 6.45) is -2.37. The Morgan fingerprint density at radius 1 is 1.43 bits per heavy atom. The van der Waals surface area contributed by atoms with Crippen molar-refractivity contribution in [2.75, 3.05) is 0 Å². The molecule has 0 atom stereocenters. The molecule has 0 aromatic carbocycles. The Labute approximate surface area is 125 Å². The Morgan fingerprint density at radius 2 is 2.05 bits per heavy atom. The third-order valence-corrected chi connectivity index (χ3v) is 3.81. The first-order chi connectivity index (χ1) is 9.64. The van der Waals surface area contributed by atoms with Gasteiger partial charge >= 0.3 is 6.18 Å². The molecule has 1 N–H and O–H groups in total. The molecule has 3 nitrogen and oxygen atoms in total. The SMILES string of the molecule is C=C(c1cc(C2(NC(C)=O)CCC2)cc(Cl)n1)C(F)(F)F. The summed E-state index contributed by atoms with van der Waals surface area (Å²) in [4.78, 5) is 15.0. The highest BCUT2D eigenvalue weighted by Crippen LogP contribution is 2.43. The van der Waals surface area contributed by atoms with E-state index in [4.69, 9.17) is 11.6 Å². The van der Waals surface area contributed by atoms with Crippen molar-refractivity contribution in [2.24, 2.45) is 0 Å². The number of aromatic nitrogens is 1. The Bertz CT molecular complexity index is 594. The first-order valence-corrected chi connectivity index (χ1v) is 6.75. The van der Waals surface area contributed by atoms with Crippen LogP contribution in [0.4, 0.5) is 13.2 Å². The monoisotopic (exact) mass is 318 g/mol. The Morgan fingerprint density at radius 3 is 2.48 bits per heavy atom. The van der Waals surface area contributed by atoms with Crippen LogP contribution in [0.15, 0.2) is 18.7 Å². The number of carbonyl (C=O) groups is 1. The zero-order chi connectivity index (χ0) is 15.8. The lowest BCUT2D eigenvalue weighted by Crippen LogP contribution is -2.50. The third-order valence-electron chi connectivity index (χ3n) is 3.62. The van der Waals surface area contributed by atoms with Crippen molar-refractivity contribution in [1.29, 1.82) is 0 Å². The molecule has 0 spiro atoms. The van der Waals surface area contributed by atoms with E-state index in [0.717, 1.165) is 6.42 Å². The molecule has 0 unspecified atom stereocenters. The summed E-state index contributed by atoms with van der Waals surface area (Å²) in [7, 11) is 0. The van der Waals surface area contributed by atoms with Gasteiger partial charge in [-0.25, -0.2) is 4.98 Å². The third kappa shape index (κ3) is 3.20. The molecule has 1 aromatic heterocycles. The second kappa shape index (κ2) is 5.33. The average Bonchev–Trinajstić information content (AvgIpc) is 2.30. The van der Waals surface area contributed by atoms with Gasteiger partial charge < -0.3 is 5.32 Å². The van der Waals surface area contributed by atoms with Crippen LogP contribution in [0.25, 0.3) is 5.57 Å². The predicted molar refractivity (Wildman–Crippen MR) is 73.7 cm³/mol. The van der Waals surface area contributed by atoms with Gasteiger partial charge in [-0.05, 0) is 37.0 Å². The topological polar surface area (TPSA) is 42.0 Å². The van der Waals surface area contributed by atoms with Crippen molar-refractivity contribution in [3.8, 4) is 0 Å². The van der Waals surface area contributed by atoms with Gasteiger partial charge in [-0.15, -0.1) is 0 Å². The number of carbonyl (C=O) groups excluding carboxylic acids is 1. The van der Waals surface area contributed by atoms with Crippen molar-refractivity contribution in [3.05, 3.63) is 35.1 Å². The van der Waals surface area contributed by atoms with Crippen LogP contribution in [0.5, 0.6) is 0 Å². The molecule has 114 valence electrons. The fourth-order valence-electron chi connectivity index (χ4n) is 2.43. The lowest BCUT2D eigenvalue weighted by atomic mass is 9.71. The van der Waals surface area contributed by atoms with Crippen LogP contribution in [-0.2, 0) is 10.3 Å². The fraction of sp³-hybridized carbons (Fsp3) is 0.429. The quantitative estimate of drug-likeness (QED) is 0.861. The minimum absolute atomic E-state index is 0.0514. The van der Waals surface area contributed by atoms with Crippen LogP contribution in [-0.4, -0.2) is 17.1 Å². The van der Waals surface area contributed by atoms with Gasteiger partial charge in [0.15, 0.2) is 0 Å². The van der Waals surface area contributed by atoms with Gasteiger partial charge in [0.1, 0.15) is 5.15 Å². The van der Waals surface area contributed by atoms with E-state index in [1.807, 2.05) is 0 Å². The minimum Gasteiger partial charge on any atom is -0.347 e. The zero-order valence-corrected chi connectivity index (χ0v) is 12.1. The minimum atomic E-state index is -4.57. The van der Waals surface area contributed by atoms with E-state index in [9.17, 15) is 18.0 Å². The molecule has 0 bridgehead atoms. The van der Waals surface area contributed by atoms with Gasteiger partial charge in [0, 0.05) is 6.92 Å². The summed E-state index contributed by atoms with van der Waals surface area (Å²) in [5.41, 5.74) is -1.49. The molecule has 0 radical (unpaired) electrons. The molecule has 1 aromatic rings. The van der Waals surface area contributed by atoms with E-state index in [1.54, 1.807) is 0 Å². The van der Waals surface area contributed by atoms with Gasteiger partial charge in [0.2, 0.25) is 5.91 Å². The molecule has 1 heterocycles. The van der Waals surface area contributed by atoms with E-state index >= 15 is 0 Å². The van der Waals surface area contributed by atoms with Gasteiger partial charge in [0.25, 0.3) is 0 Å². The smallest absolute Gasteiger partial charge is 0.347 e. The maximum atomic E-state index is 12.7. The molecule has 0 saturated heterocycles. The number of pyridine rings is 1. The second-order valence-corrected chi connectivity index (χ2v) is 5.54. The summed E-state index contributed by atoms with van der Waals surface area (Å²) < 4.78 is 38.2. The standard InChI is InChI=1S/C14H14ClF3N2O/c1-8(14(16,17)18)11-6-10(7-12(15)19-11)13(4-3-5-13)20-9(2)21/h6-7H,1,3-5H2,2H3,(H,20,21). The van der Waals surface area contributed by atoms with Gasteiger partial charge in [-0.2, -0.15) is 13.2 Å². The number of allylic oxidation sites excluding steroid dienone is 1. The Kier molecular flexibility index (Phi) is 4.02. The first kappa shape index (κ1) is 15.8. The van der Waals surface area contributed by atoms with Crippen molar-refractivity contribution in [3.63, 3.8) is 0 Å². The van der Waals surface area contributed by atoms with E-state index in [0.29, 0.717) is 18.4 Å². The van der Waals surface area contributed by atoms with Crippen LogP contribution >= 0.6 is 11.6 Å². The molecule has 7 heteroatoms. The molecule has 1 fully saturated rings.